The molecule has 0 bridgehead atoms. The van der Waals surface area contributed by atoms with Crippen molar-refractivity contribution in [3.63, 3.8) is 0 Å². The van der Waals surface area contributed by atoms with Gasteiger partial charge in [-0.1, -0.05) is 28.1 Å². The Kier molecular flexibility index (Phi) is 4.59. The van der Waals surface area contributed by atoms with Crippen LogP contribution in [0, 0.1) is 18.3 Å². The van der Waals surface area contributed by atoms with Crippen molar-refractivity contribution in [2.45, 2.75) is 26.4 Å². The zero-order valence-electron chi connectivity index (χ0n) is 13.5. The SMILES string of the molecule is Cc1ccc2c(c1Br)CN(C(=O)Cn1cc(C#N)c(=O)[nH]c1=O)CC2. The Morgan fingerprint density at radius 3 is 2.88 bits per heavy atom. The normalized spacial score (nSPS) is 13.2. The van der Waals surface area contributed by atoms with Crippen molar-refractivity contribution in [3.05, 3.63) is 65.9 Å². The van der Waals surface area contributed by atoms with Gasteiger partial charge in [0, 0.05) is 23.8 Å². The van der Waals surface area contributed by atoms with Crippen molar-refractivity contribution >= 4 is 21.8 Å². The molecule has 0 atom stereocenters. The average molecular weight is 403 g/mol. The van der Waals surface area contributed by atoms with Gasteiger partial charge in [-0.3, -0.25) is 19.1 Å². The largest absolute Gasteiger partial charge is 0.336 e. The van der Waals surface area contributed by atoms with Crippen LogP contribution in [0.5, 0.6) is 0 Å². The fraction of sp³-hybridized carbons (Fsp3) is 0.294. The number of benzene rings is 1. The molecule has 0 saturated carbocycles. The summed E-state index contributed by atoms with van der Waals surface area (Å²) in [5.41, 5.74) is 1.73. The molecule has 0 spiro atoms. The molecule has 0 radical (unpaired) electrons. The molecule has 8 heteroatoms. The Morgan fingerprint density at radius 2 is 2.16 bits per heavy atom. The van der Waals surface area contributed by atoms with E-state index in [9.17, 15) is 14.4 Å². The number of amides is 1. The number of halogens is 1. The lowest BCUT2D eigenvalue weighted by Gasteiger charge is -2.30. The smallest absolute Gasteiger partial charge is 0.328 e. The second-order valence-electron chi connectivity index (χ2n) is 5.94. The minimum absolute atomic E-state index is 0.199. The first kappa shape index (κ1) is 17.2. The van der Waals surface area contributed by atoms with Crippen LogP contribution < -0.4 is 11.2 Å². The first-order chi connectivity index (χ1) is 11.9. The van der Waals surface area contributed by atoms with E-state index >= 15 is 0 Å². The van der Waals surface area contributed by atoms with Gasteiger partial charge in [0.2, 0.25) is 5.91 Å². The van der Waals surface area contributed by atoms with E-state index < -0.39 is 11.2 Å². The van der Waals surface area contributed by atoms with Crippen LogP contribution in [-0.4, -0.2) is 26.9 Å². The number of carbonyl (C=O) groups excluding carboxylic acids is 1. The molecule has 1 N–H and O–H groups in total. The second-order valence-corrected chi connectivity index (χ2v) is 6.73. The van der Waals surface area contributed by atoms with Crippen molar-refractivity contribution in [3.8, 4) is 6.07 Å². The number of hydrogen-bond acceptors (Lipinski definition) is 4. The predicted molar refractivity (Wildman–Crippen MR) is 94.0 cm³/mol. The standard InChI is InChI=1S/C17H15BrN4O3/c1-10-2-3-11-4-5-21(8-13(11)15(10)18)14(23)9-22-7-12(6-19)16(24)20-17(22)25/h2-3,7H,4-5,8-9H2,1H3,(H,20,24,25). The lowest BCUT2D eigenvalue weighted by atomic mass is 9.97. The number of fused-ring (bicyclic) bond motifs is 1. The molecule has 0 unspecified atom stereocenters. The van der Waals surface area contributed by atoms with E-state index in [2.05, 4.69) is 22.0 Å². The number of aromatic amines is 1. The Morgan fingerprint density at radius 1 is 1.40 bits per heavy atom. The highest BCUT2D eigenvalue weighted by Gasteiger charge is 2.23. The van der Waals surface area contributed by atoms with Gasteiger partial charge in [-0.25, -0.2) is 4.79 Å². The molecular weight excluding hydrogens is 388 g/mol. The molecule has 1 aliphatic rings. The van der Waals surface area contributed by atoms with Gasteiger partial charge in [0.15, 0.2) is 0 Å². The minimum atomic E-state index is -0.748. The Labute approximate surface area is 151 Å². The van der Waals surface area contributed by atoms with E-state index in [4.69, 9.17) is 5.26 Å². The van der Waals surface area contributed by atoms with Crippen LogP contribution >= 0.6 is 15.9 Å². The predicted octanol–water partition coefficient (Wildman–Crippen LogP) is 1.06. The van der Waals surface area contributed by atoms with Gasteiger partial charge in [0.25, 0.3) is 5.56 Å². The third-order valence-electron chi connectivity index (χ3n) is 4.32. The summed E-state index contributed by atoms with van der Waals surface area (Å²) >= 11 is 3.58. The van der Waals surface area contributed by atoms with E-state index in [-0.39, 0.29) is 18.0 Å². The van der Waals surface area contributed by atoms with E-state index in [1.807, 2.05) is 18.0 Å². The summed E-state index contributed by atoms with van der Waals surface area (Å²) in [5, 5.41) is 8.90. The van der Waals surface area contributed by atoms with Crippen LogP contribution in [0.3, 0.4) is 0 Å². The first-order valence-electron chi connectivity index (χ1n) is 7.69. The number of nitriles is 1. The van der Waals surface area contributed by atoms with Crippen LogP contribution in [0.15, 0.2) is 32.4 Å². The molecule has 0 fully saturated rings. The first-order valence-corrected chi connectivity index (χ1v) is 8.48. The maximum atomic E-state index is 12.6. The summed E-state index contributed by atoms with van der Waals surface area (Å²) in [4.78, 5) is 39.6. The molecule has 0 aliphatic carbocycles. The molecule has 7 nitrogen and oxygen atoms in total. The molecule has 25 heavy (non-hydrogen) atoms. The van der Waals surface area contributed by atoms with E-state index in [0.717, 1.165) is 32.8 Å². The van der Waals surface area contributed by atoms with Gasteiger partial charge in [0.1, 0.15) is 18.2 Å². The van der Waals surface area contributed by atoms with Gasteiger partial charge in [-0.05, 0) is 30.0 Å². The minimum Gasteiger partial charge on any atom is -0.336 e. The zero-order valence-corrected chi connectivity index (χ0v) is 15.1. The van der Waals surface area contributed by atoms with Crippen molar-refractivity contribution in [2.75, 3.05) is 6.54 Å². The summed E-state index contributed by atoms with van der Waals surface area (Å²) in [5.74, 6) is -0.239. The molecule has 128 valence electrons. The average Bonchev–Trinajstić information content (AvgIpc) is 2.60. The van der Waals surface area contributed by atoms with E-state index in [1.165, 1.54) is 5.56 Å². The van der Waals surface area contributed by atoms with Gasteiger partial charge < -0.3 is 4.90 Å². The van der Waals surface area contributed by atoms with Crippen LogP contribution in [0.2, 0.25) is 0 Å². The summed E-state index contributed by atoms with van der Waals surface area (Å²) in [6, 6.07) is 5.83. The van der Waals surface area contributed by atoms with Crippen molar-refractivity contribution in [2.24, 2.45) is 0 Å². The van der Waals surface area contributed by atoms with Gasteiger partial charge in [0.05, 0.1) is 0 Å². The van der Waals surface area contributed by atoms with E-state index in [1.54, 1.807) is 11.0 Å². The zero-order chi connectivity index (χ0) is 18.1. The molecule has 0 saturated heterocycles. The van der Waals surface area contributed by atoms with Crippen LogP contribution in [0.1, 0.15) is 22.3 Å². The molecule has 3 rings (SSSR count). The summed E-state index contributed by atoms with van der Waals surface area (Å²) in [6.07, 6.45) is 1.86. The Hall–Kier alpha value is -2.66. The number of nitrogens with zero attached hydrogens (tertiary/aromatic N) is 3. The number of aromatic nitrogens is 2. The quantitative estimate of drug-likeness (QED) is 0.811. The lowest BCUT2D eigenvalue weighted by molar-refractivity contribution is -0.132. The van der Waals surface area contributed by atoms with Gasteiger partial charge in [-0.15, -0.1) is 0 Å². The number of rotatable bonds is 2. The van der Waals surface area contributed by atoms with Gasteiger partial charge >= 0.3 is 5.69 Å². The van der Waals surface area contributed by atoms with E-state index in [0.29, 0.717) is 13.1 Å². The molecule has 1 aromatic heterocycles. The molecule has 1 aliphatic heterocycles. The molecular formula is C17H15BrN4O3. The number of aryl methyl sites for hydroxylation is 1. The molecule has 2 heterocycles. The number of nitrogens with one attached hydrogen (secondary N) is 1. The monoisotopic (exact) mass is 402 g/mol. The maximum Gasteiger partial charge on any atom is 0.328 e. The third kappa shape index (κ3) is 3.28. The van der Waals surface area contributed by atoms with Crippen molar-refractivity contribution < 1.29 is 4.79 Å². The van der Waals surface area contributed by atoms with Crippen LogP contribution in [-0.2, 0) is 24.3 Å². The number of hydrogen-bond donors (Lipinski definition) is 1. The summed E-state index contributed by atoms with van der Waals surface area (Å²) in [7, 11) is 0. The van der Waals surface area contributed by atoms with Crippen LogP contribution in [0.4, 0.5) is 0 Å². The molecule has 2 aromatic rings. The van der Waals surface area contributed by atoms with Crippen molar-refractivity contribution in [1.82, 2.24) is 14.5 Å². The topological polar surface area (TPSA) is 99.0 Å². The second kappa shape index (κ2) is 6.69. The Bertz CT molecular complexity index is 1020. The highest BCUT2D eigenvalue weighted by atomic mass is 79.9. The highest BCUT2D eigenvalue weighted by Crippen LogP contribution is 2.29. The Balaban J connectivity index is 1.84. The van der Waals surface area contributed by atoms with Crippen LogP contribution in [0.25, 0.3) is 0 Å². The molecule has 1 amide bonds. The number of H-pyrrole nitrogens is 1. The van der Waals surface area contributed by atoms with Crippen molar-refractivity contribution in [1.29, 1.82) is 5.26 Å². The lowest BCUT2D eigenvalue weighted by Crippen LogP contribution is -2.41. The maximum absolute atomic E-state index is 12.6. The third-order valence-corrected chi connectivity index (χ3v) is 5.43. The molecule has 1 aromatic carbocycles. The fourth-order valence-electron chi connectivity index (χ4n) is 2.87. The number of carbonyl (C=O) groups is 1. The summed E-state index contributed by atoms with van der Waals surface area (Å²) < 4.78 is 2.05. The summed E-state index contributed by atoms with van der Waals surface area (Å²) in [6.45, 7) is 2.79. The van der Waals surface area contributed by atoms with Gasteiger partial charge in [-0.2, -0.15) is 5.26 Å². The fourth-order valence-corrected chi connectivity index (χ4v) is 3.39. The highest BCUT2D eigenvalue weighted by molar-refractivity contribution is 9.10.